The van der Waals surface area contributed by atoms with Gasteiger partial charge in [0.25, 0.3) is 5.56 Å². The summed E-state index contributed by atoms with van der Waals surface area (Å²) in [6.45, 7) is 10.7. The summed E-state index contributed by atoms with van der Waals surface area (Å²) in [5.74, 6) is 1.21. The molecule has 1 fully saturated rings. The Balaban J connectivity index is 2.06. The highest BCUT2D eigenvalue weighted by Gasteiger charge is 2.31. The molecule has 0 bridgehead atoms. The molecule has 0 atom stereocenters. The van der Waals surface area contributed by atoms with Crippen molar-refractivity contribution in [2.75, 3.05) is 0 Å². The molecule has 2 heterocycles. The molecule has 27 heavy (non-hydrogen) atoms. The molecule has 1 aromatic carbocycles. The molecule has 0 radical (unpaired) electrons. The van der Waals surface area contributed by atoms with Crippen molar-refractivity contribution in [3.05, 3.63) is 57.0 Å². The van der Waals surface area contributed by atoms with Crippen molar-refractivity contribution in [1.82, 2.24) is 14.2 Å². The molecule has 0 amide bonds. The largest absolute Gasteiger partial charge is 0.286 e. The molecule has 4 heteroatoms. The Morgan fingerprint density at radius 2 is 1.81 bits per heavy atom. The smallest absolute Gasteiger partial charge is 0.278 e. The van der Waals surface area contributed by atoms with Gasteiger partial charge in [-0.25, -0.2) is 4.52 Å². The maximum atomic E-state index is 13.7. The number of hydrogen-bond donors (Lipinski definition) is 0. The van der Waals surface area contributed by atoms with Crippen molar-refractivity contribution in [1.29, 1.82) is 0 Å². The van der Waals surface area contributed by atoms with Gasteiger partial charge in [-0.1, -0.05) is 37.6 Å². The Morgan fingerprint density at radius 1 is 1.11 bits per heavy atom. The fraction of sp³-hybridized carbons (Fsp3) is 0.478. The SMILES string of the molecule is CCC(CC)c1cc(C)n2nc(-c3ccc(C)cc3C)n(C3CC3)c(=O)c12. The summed E-state index contributed by atoms with van der Waals surface area (Å²) < 4.78 is 3.86. The van der Waals surface area contributed by atoms with Crippen molar-refractivity contribution < 1.29 is 0 Å². The van der Waals surface area contributed by atoms with Gasteiger partial charge in [-0.3, -0.25) is 9.36 Å². The molecule has 0 aliphatic heterocycles. The number of benzene rings is 1. The maximum absolute atomic E-state index is 13.7. The second kappa shape index (κ2) is 6.66. The van der Waals surface area contributed by atoms with Crippen LogP contribution in [0.4, 0.5) is 0 Å². The predicted molar refractivity (Wildman–Crippen MR) is 111 cm³/mol. The molecule has 0 spiro atoms. The third-order valence-corrected chi connectivity index (χ3v) is 5.99. The maximum Gasteiger partial charge on any atom is 0.278 e. The fourth-order valence-corrected chi connectivity index (χ4v) is 4.31. The summed E-state index contributed by atoms with van der Waals surface area (Å²) in [7, 11) is 0. The van der Waals surface area contributed by atoms with E-state index < -0.39 is 0 Å². The van der Waals surface area contributed by atoms with Crippen LogP contribution in [0.15, 0.2) is 29.1 Å². The van der Waals surface area contributed by atoms with Crippen molar-refractivity contribution >= 4 is 5.52 Å². The van der Waals surface area contributed by atoms with Gasteiger partial charge in [0.05, 0.1) is 0 Å². The molecule has 4 rings (SSSR count). The van der Waals surface area contributed by atoms with Crippen LogP contribution < -0.4 is 5.56 Å². The van der Waals surface area contributed by atoms with Crippen LogP contribution in [-0.4, -0.2) is 14.2 Å². The van der Waals surface area contributed by atoms with Crippen LogP contribution in [0.25, 0.3) is 16.9 Å². The van der Waals surface area contributed by atoms with Crippen LogP contribution >= 0.6 is 0 Å². The number of aryl methyl sites for hydroxylation is 3. The topological polar surface area (TPSA) is 39.3 Å². The molecule has 1 aliphatic rings. The molecular weight excluding hydrogens is 334 g/mol. The van der Waals surface area contributed by atoms with Crippen LogP contribution in [0.3, 0.4) is 0 Å². The number of nitrogens with zero attached hydrogens (tertiary/aromatic N) is 3. The summed E-state index contributed by atoms with van der Waals surface area (Å²) in [4.78, 5) is 13.7. The molecule has 0 unspecified atom stereocenters. The van der Waals surface area contributed by atoms with Crippen LogP contribution in [0.2, 0.25) is 0 Å². The normalized spacial score (nSPS) is 14.4. The Hall–Kier alpha value is -2.36. The van der Waals surface area contributed by atoms with E-state index in [0.29, 0.717) is 5.92 Å². The minimum atomic E-state index is 0.123. The van der Waals surface area contributed by atoms with E-state index in [1.165, 1.54) is 11.1 Å². The van der Waals surface area contributed by atoms with Crippen molar-refractivity contribution in [3.63, 3.8) is 0 Å². The molecule has 0 saturated heterocycles. The molecule has 4 nitrogen and oxygen atoms in total. The van der Waals surface area contributed by atoms with Crippen LogP contribution in [0.5, 0.6) is 0 Å². The molecule has 3 aromatic rings. The van der Waals surface area contributed by atoms with Crippen molar-refractivity contribution in [2.45, 2.75) is 72.3 Å². The molecular formula is C23H29N3O. The highest BCUT2D eigenvalue weighted by Crippen LogP contribution is 2.38. The first-order chi connectivity index (χ1) is 13.0. The number of aromatic nitrogens is 3. The average molecular weight is 364 g/mol. The lowest BCUT2D eigenvalue weighted by molar-refractivity contribution is 0.638. The summed E-state index contributed by atoms with van der Waals surface area (Å²) in [5.41, 5.74) is 6.56. The van der Waals surface area contributed by atoms with Gasteiger partial charge in [0, 0.05) is 17.3 Å². The first kappa shape index (κ1) is 18.0. The standard InChI is InChI=1S/C23H29N3O/c1-6-17(7-2)20-13-16(5)26-21(20)23(27)25(18-9-10-18)22(24-26)19-11-8-14(3)12-15(19)4/h8,11-13,17-18H,6-7,9-10H2,1-5H3. The zero-order valence-corrected chi connectivity index (χ0v) is 17.0. The Kier molecular flexibility index (Phi) is 4.45. The first-order valence-electron chi connectivity index (χ1n) is 10.2. The zero-order chi connectivity index (χ0) is 19.3. The van der Waals surface area contributed by atoms with Gasteiger partial charge in [-0.05, 0) is 69.6 Å². The van der Waals surface area contributed by atoms with E-state index in [2.05, 4.69) is 58.9 Å². The number of hydrogen-bond acceptors (Lipinski definition) is 2. The minimum Gasteiger partial charge on any atom is -0.286 e. The zero-order valence-electron chi connectivity index (χ0n) is 17.0. The summed E-state index contributed by atoms with van der Waals surface area (Å²) >= 11 is 0. The van der Waals surface area contributed by atoms with Crippen LogP contribution in [0, 0.1) is 20.8 Å². The predicted octanol–water partition coefficient (Wildman–Crippen LogP) is 5.33. The Bertz CT molecular complexity index is 1070. The second-order valence-corrected chi connectivity index (χ2v) is 8.06. The third-order valence-electron chi connectivity index (χ3n) is 5.99. The van der Waals surface area contributed by atoms with Crippen LogP contribution in [-0.2, 0) is 0 Å². The number of fused-ring (bicyclic) bond motifs is 1. The van der Waals surface area contributed by atoms with Gasteiger partial charge in [0.1, 0.15) is 5.52 Å². The molecule has 142 valence electrons. The van der Waals surface area contributed by atoms with Crippen molar-refractivity contribution in [2.24, 2.45) is 0 Å². The first-order valence-corrected chi connectivity index (χ1v) is 10.2. The Morgan fingerprint density at radius 3 is 2.41 bits per heavy atom. The van der Waals surface area contributed by atoms with E-state index in [4.69, 9.17) is 5.10 Å². The van der Waals surface area contributed by atoms with Crippen LogP contribution in [0.1, 0.15) is 73.9 Å². The lowest BCUT2D eigenvalue weighted by Gasteiger charge is -2.16. The van der Waals surface area contributed by atoms with Gasteiger partial charge in [-0.2, -0.15) is 0 Å². The lowest BCUT2D eigenvalue weighted by atomic mass is 9.95. The average Bonchev–Trinajstić information content (AvgIpc) is 3.41. The van der Waals surface area contributed by atoms with Gasteiger partial charge in [0.2, 0.25) is 0 Å². The minimum absolute atomic E-state index is 0.123. The van der Waals surface area contributed by atoms with Gasteiger partial charge >= 0.3 is 0 Å². The molecule has 1 aliphatic carbocycles. The lowest BCUT2D eigenvalue weighted by Crippen LogP contribution is -2.26. The number of rotatable bonds is 5. The summed E-state index contributed by atoms with van der Waals surface area (Å²) in [6.07, 6.45) is 4.21. The molecule has 0 N–H and O–H groups in total. The monoisotopic (exact) mass is 363 g/mol. The van der Waals surface area contributed by atoms with E-state index in [-0.39, 0.29) is 11.6 Å². The highest BCUT2D eigenvalue weighted by atomic mass is 16.1. The fourth-order valence-electron chi connectivity index (χ4n) is 4.31. The third kappa shape index (κ3) is 2.91. The second-order valence-electron chi connectivity index (χ2n) is 8.06. The van der Waals surface area contributed by atoms with Gasteiger partial charge in [-0.15, -0.1) is 5.10 Å². The quantitative estimate of drug-likeness (QED) is 0.615. The van der Waals surface area contributed by atoms with E-state index >= 15 is 0 Å². The Labute approximate surface area is 160 Å². The van der Waals surface area contributed by atoms with E-state index in [1.807, 2.05) is 9.08 Å². The van der Waals surface area contributed by atoms with E-state index in [9.17, 15) is 4.79 Å². The summed E-state index contributed by atoms with van der Waals surface area (Å²) in [6, 6.07) is 8.84. The molecule has 2 aromatic heterocycles. The molecule has 1 saturated carbocycles. The van der Waals surface area contributed by atoms with E-state index in [1.54, 1.807) is 0 Å². The summed E-state index contributed by atoms with van der Waals surface area (Å²) in [5, 5.41) is 5.01. The van der Waals surface area contributed by atoms with E-state index in [0.717, 1.165) is 53.8 Å². The van der Waals surface area contributed by atoms with Gasteiger partial charge in [0.15, 0.2) is 5.82 Å². The van der Waals surface area contributed by atoms with Crippen molar-refractivity contribution in [3.8, 4) is 11.4 Å². The highest BCUT2D eigenvalue weighted by molar-refractivity contribution is 5.64. The van der Waals surface area contributed by atoms with Gasteiger partial charge < -0.3 is 0 Å².